The standard InChI is InChI=1S/C29H27N3O6S/c1-4-12-31-21-13-20(10-11-22(21)37-15-23(31)33)25(34)18(3)32-16-30-27-24(28(32)35)17(2)26(39-27)29(36)38-14-19-8-6-5-7-9-19/h5-11,13,16,18H,4,12,14-15H2,1-3H3. The highest BCUT2D eigenvalue weighted by Crippen LogP contribution is 2.34. The Labute approximate surface area is 228 Å². The van der Waals surface area contributed by atoms with E-state index in [2.05, 4.69) is 4.98 Å². The lowest BCUT2D eigenvalue weighted by molar-refractivity contribution is -0.121. The summed E-state index contributed by atoms with van der Waals surface area (Å²) in [6.45, 7) is 5.86. The van der Waals surface area contributed by atoms with Crippen LogP contribution in [0.15, 0.2) is 59.7 Å². The minimum atomic E-state index is -0.875. The van der Waals surface area contributed by atoms with Gasteiger partial charge in [0, 0.05) is 12.1 Å². The molecule has 10 heteroatoms. The number of carbonyl (C=O) groups excluding carboxylic acids is 3. The van der Waals surface area contributed by atoms with E-state index >= 15 is 0 Å². The number of nitrogens with zero attached hydrogens (tertiary/aromatic N) is 3. The van der Waals surface area contributed by atoms with Crippen molar-refractivity contribution in [3.8, 4) is 5.75 Å². The smallest absolute Gasteiger partial charge is 0.349 e. The molecule has 9 nitrogen and oxygen atoms in total. The van der Waals surface area contributed by atoms with Crippen LogP contribution in [-0.4, -0.2) is 40.4 Å². The molecular weight excluding hydrogens is 518 g/mol. The van der Waals surface area contributed by atoms with Crippen LogP contribution in [0.25, 0.3) is 10.2 Å². The van der Waals surface area contributed by atoms with Crippen LogP contribution >= 0.6 is 11.3 Å². The fourth-order valence-electron chi connectivity index (χ4n) is 4.59. The maximum atomic E-state index is 13.5. The number of amides is 1. The van der Waals surface area contributed by atoms with Gasteiger partial charge in [-0.1, -0.05) is 37.3 Å². The molecule has 0 saturated carbocycles. The molecule has 0 radical (unpaired) electrons. The minimum absolute atomic E-state index is 0.0421. The van der Waals surface area contributed by atoms with Crippen molar-refractivity contribution in [3.63, 3.8) is 0 Å². The third kappa shape index (κ3) is 4.95. The van der Waals surface area contributed by atoms with E-state index in [1.54, 1.807) is 36.9 Å². The van der Waals surface area contributed by atoms with Gasteiger partial charge in [-0.3, -0.25) is 19.0 Å². The van der Waals surface area contributed by atoms with Gasteiger partial charge in [0.2, 0.25) is 0 Å². The number of hydrogen-bond donors (Lipinski definition) is 0. The summed E-state index contributed by atoms with van der Waals surface area (Å²) >= 11 is 1.09. The highest BCUT2D eigenvalue weighted by atomic mass is 32.1. The number of aromatic nitrogens is 2. The molecule has 1 atom stereocenters. The molecule has 39 heavy (non-hydrogen) atoms. The molecule has 0 saturated heterocycles. The molecule has 1 unspecified atom stereocenters. The van der Waals surface area contributed by atoms with Gasteiger partial charge >= 0.3 is 5.97 Å². The number of Topliss-reactive ketones (excluding diaryl/α,β-unsaturated/α-hetero) is 1. The summed E-state index contributed by atoms with van der Waals surface area (Å²) in [5.41, 5.74) is 1.80. The molecule has 0 spiro atoms. The summed E-state index contributed by atoms with van der Waals surface area (Å²) < 4.78 is 12.3. The predicted octanol–water partition coefficient (Wildman–Crippen LogP) is 4.70. The molecule has 0 fully saturated rings. The fourth-order valence-corrected chi connectivity index (χ4v) is 5.62. The number of ether oxygens (including phenoxy) is 2. The second-order valence-corrected chi connectivity index (χ2v) is 10.3. The summed E-state index contributed by atoms with van der Waals surface area (Å²) in [7, 11) is 0. The first-order chi connectivity index (χ1) is 18.8. The Morgan fingerprint density at radius 1 is 1.15 bits per heavy atom. The first-order valence-electron chi connectivity index (χ1n) is 12.6. The van der Waals surface area contributed by atoms with Crippen LogP contribution in [0.3, 0.4) is 0 Å². The molecule has 5 rings (SSSR count). The Hall–Kier alpha value is -4.31. The molecule has 2 aromatic carbocycles. The Morgan fingerprint density at radius 2 is 1.92 bits per heavy atom. The number of thiophene rings is 1. The number of rotatable bonds is 8. The van der Waals surface area contributed by atoms with Gasteiger partial charge in [-0.2, -0.15) is 0 Å². The van der Waals surface area contributed by atoms with Gasteiger partial charge in [-0.25, -0.2) is 9.78 Å². The number of carbonyl (C=O) groups is 3. The van der Waals surface area contributed by atoms with Crippen molar-refractivity contribution < 1.29 is 23.9 Å². The van der Waals surface area contributed by atoms with Crippen LogP contribution < -0.4 is 15.2 Å². The first kappa shape index (κ1) is 26.3. The van der Waals surface area contributed by atoms with Crippen LogP contribution in [-0.2, 0) is 16.1 Å². The van der Waals surface area contributed by atoms with Crippen LogP contribution in [0.4, 0.5) is 5.69 Å². The quantitative estimate of drug-likeness (QED) is 0.233. The number of fused-ring (bicyclic) bond motifs is 2. The Morgan fingerprint density at radius 3 is 2.67 bits per heavy atom. The molecule has 1 aliphatic rings. The predicted molar refractivity (Wildman–Crippen MR) is 148 cm³/mol. The Balaban J connectivity index is 1.42. The van der Waals surface area contributed by atoms with E-state index in [1.807, 2.05) is 37.3 Å². The normalized spacial score (nSPS) is 13.6. The molecule has 0 aliphatic carbocycles. The summed E-state index contributed by atoms with van der Waals surface area (Å²) in [6, 6.07) is 13.4. The van der Waals surface area contributed by atoms with Crippen molar-refractivity contribution >= 4 is 44.9 Å². The maximum Gasteiger partial charge on any atom is 0.349 e. The molecule has 0 N–H and O–H groups in total. The van der Waals surface area contributed by atoms with Crippen molar-refractivity contribution in [1.82, 2.24) is 9.55 Å². The number of ketones is 1. The molecular formula is C29H27N3O6S. The van der Waals surface area contributed by atoms with E-state index in [-0.39, 0.29) is 30.3 Å². The van der Waals surface area contributed by atoms with Crippen LogP contribution in [0, 0.1) is 6.92 Å². The highest BCUT2D eigenvalue weighted by Gasteiger charge is 2.28. The van der Waals surface area contributed by atoms with Gasteiger partial charge in [0.05, 0.1) is 23.4 Å². The Bertz CT molecular complexity index is 1640. The van der Waals surface area contributed by atoms with Crippen molar-refractivity contribution in [2.45, 2.75) is 39.8 Å². The lowest BCUT2D eigenvalue weighted by Crippen LogP contribution is -2.39. The number of esters is 1. The molecule has 4 aromatic rings. The second-order valence-electron chi connectivity index (χ2n) is 9.31. The summed E-state index contributed by atoms with van der Waals surface area (Å²) in [5, 5.41) is 0.285. The van der Waals surface area contributed by atoms with Crippen molar-refractivity contribution in [3.05, 3.63) is 86.8 Å². The lowest BCUT2D eigenvalue weighted by atomic mass is 10.0. The maximum absolute atomic E-state index is 13.5. The van der Waals surface area contributed by atoms with Gasteiger partial charge in [0.15, 0.2) is 12.4 Å². The third-order valence-corrected chi connectivity index (χ3v) is 7.88. The summed E-state index contributed by atoms with van der Waals surface area (Å²) in [5.74, 6) is -0.477. The fraction of sp³-hybridized carbons (Fsp3) is 0.276. The van der Waals surface area contributed by atoms with E-state index in [4.69, 9.17) is 9.47 Å². The third-order valence-electron chi connectivity index (χ3n) is 6.70. The molecule has 1 amide bonds. The number of anilines is 1. The summed E-state index contributed by atoms with van der Waals surface area (Å²) in [4.78, 5) is 58.9. The molecule has 2 aromatic heterocycles. The second kappa shape index (κ2) is 10.8. The van der Waals surface area contributed by atoms with E-state index in [0.29, 0.717) is 38.8 Å². The number of aryl methyl sites for hydroxylation is 1. The van der Waals surface area contributed by atoms with Gasteiger partial charge in [-0.05, 0) is 49.6 Å². The van der Waals surface area contributed by atoms with Crippen LogP contribution in [0.1, 0.15) is 57.5 Å². The van der Waals surface area contributed by atoms with Gasteiger partial charge in [-0.15, -0.1) is 11.3 Å². The van der Waals surface area contributed by atoms with E-state index in [9.17, 15) is 19.2 Å². The lowest BCUT2D eigenvalue weighted by Gasteiger charge is -2.29. The zero-order valence-electron chi connectivity index (χ0n) is 21.8. The SMILES string of the molecule is CCCN1C(=O)COc2ccc(C(=O)C(C)n3cnc4sc(C(=O)OCc5ccccc5)c(C)c4c3=O)cc21. The zero-order valence-corrected chi connectivity index (χ0v) is 22.6. The molecule has 0 bridgehead atoms. The monoisotopic (exact) mass is 545 g/mol. The van der Waals surface area contributed by atoms with Crippen LogP contribution in [0.2, 0.25) is 0 Å². The Kier molecular flexibility index (Phi) is 7.30. The van der Waals surface area contributed by atoms with E-state index < -0.39 is 17.6 Å². The highest BCUT2D eigenvalue weighted by molar-refractivity contribution is 7.20. The zero-order chi connectivity index (χ0) is 27.7. The van der Waals surface area contributed by atoms with Crippen molar-refractivity contribution in [2.75, 3.05) is 18.1 Å². The first-order valence-corrected chi connectivity index (χ1v) is 13.4. The van der Waals surface area contributed by atoms with E-state index in [1.165, 1.54) is 10.9 Å². The number of hydrogen-bond acceptors (Lipinski definition) is 8. The van der Waals surface area contributed by atoms with Gasteiger partial charge in [0.25, 0.3) is 11.5 Å². The topological polar surface area (TPSA) is 108 Å². The molecule has 3 heterocycles. The molecule has 1 aliphatic heterocycles. The average Bonchev–Trinajstić information content (AvgIpc) is 3.30. The summed E-state index contributed by atoms with van der Waals surface area (Å²) in [6.07, 6.45) is 2.08. The van der Waals surface area contributed by atoms with Crippen LogP contribution in [0.5, 0.6) is 5.75 Å². The largest absolute Gasteiger partial charge is 0.482 e. The van der Waals surface area contributed by atoms with E-state index in [0.717, 1.165) is 23.3 Å². The number of benzene rings is 2. The van der Waals surface area contributed by atoms with Crippen molar-refractivity contribution in [1.29, 1.82) is 0 Å². The van der Waals surface area contributed by atoms with Gasteiger partial charge in [0.1, 0.15) is 22.1 Å². The van der Waals surface area contributed by atoms with Gasteiger partial charge < -0.3 is 14.4 Å². The average molecular weight is 546 g/mol. The van der Waals surface area contributed by atoms with Crippen molar-refractivity contribution in [2.24, 2.45) is 0 Å². The molecule has 200 valence electrons. The minimum Gasteiger partial charge on any atom is -0.482 e.